The highest BCUT2D eigenvalue weighted by Crippen LogP contribution is 2.32. The fourth-order valence-corrected chi connectivity index (χ4v) is 4.27. The average Bonchev–Trinajstić information content (AvgIpc) is 2.95. The van der Waals surface area contributed by atoms with Crippen LogP contribution in [0.3, 0.4) is 0 Å². The van der Waals surface area contributed by atoms with Crippen LogP contribution in [0.4, 0.5) is 0 Å². The second kappa shape index (κ2) is 10.3. The fraction of sp³-hybridized carbons (Fsp3) is 0.417. The first kappa shape index (κ1) is 21.2. The van der Waals surface area contributed by atoms with Crippen LogP contribution < -0.4 is 5.32 Å². The van der Waals surface area contributed by atoms with Crippen molar-refractivity contribution in [3.8, 4) is 0 Å². The minimum Gasteiger partial charge on any atom is -0.481 e. The maximum atomic E-state index is 11.8. The number of nitrogens with one attached hydrogen (secondary N) is 1. The second-order valence-corrected chi connectivity index (χ2v) is 7.75. The molecule has 1 heterocycles. The van der Waals surface area contributed by atoms with E-state index in [-0.39, 0.29) is 17.9 Å². The van der Waals surface area contributed by atoms with Crippen LogP contribution in [0.2, 0.25) is 0 Å². The van der Waals surface area contributed by atoms with E-state index in [0.29, 0.717) is 12.8 Å². The molecule has 1 fully saturated rings. The molecule has 0 spiro atoms. The lowest BCUT2D eigenvalue weighted by molar-refractivity contribution is -0.146. The van der Waals surface area contributed by atoms with E-state index in [1.165, 1.54) is 18.1 Å². The normalized spacial score (nSPS) is 18.9. The van der Waals surface area contributed by atoms with Gasteiger partial charge in [0.1, 0.15) is 11.7 Å². The molecule has 0 saturated carbocycles. The molecule has 2 unspecified atom stereocenters. The topological polar surface area (TPSA) is 69.6 Å². The zero-order chi connectivity index (χ0) is 20.6. The number of carboxylic acid groups (broad SMARTS) is 1. The van der Waals surface area contributed by atoms with Gasteiger partial charge in [-0.25, -0.2) is 0 Å². The highest BCUT2D eigenvalue weighted by molar-refractivity contribution is 5.96. The van der Waals surface area contributed by atoms with E-state index >= 15 is 0 Å². The zero-order valence-electron chi connectivity index (χ0n) is 17.0. The van der Waals surface area contributed by atoms with Gasteiger partial charge in [-0.15, -0.1) is 0 Å². The summed E-state index contributed by atoms with van der Waals surface area (Å²) >= 11 is 0. The minimum atomic E-state index is -1.02. The third kappa shape index (κ3) is 5.52. The number of benzene rings is 2. The highest BCUT2D eigenvalue weighted by atomic mass is 16.4. The number of nitrogens with zero attached hydrogens (tertiary/aromatic N) is 1. The number of carboxylic acids is 1. The Morgan fingerprint density at radius 3 is 2.17 bits per heavy atom. The van der Waals surface area contributed by atoms with Gasteiger partial charge in [0.25, 0.3) is 0 Å². The fourth-order valence-electron chi connectivity index (χ4n) is 4.27. The van der Waals surface area contributed by atoms with Gasteiger partial charge in [0.2, 0.25) is 0 Å². The lowest BCUT2D eigenvalue weighted by Crippen LogP contribution is -2.43. The van der Waals surface area contributed by atoms with Crippen molar-refractivity contribution < 1.29 is 14.7 Å². The predicted molar refractivity (Wildman–Crippen MR) is 114 cm³/mol. The van der Waals surface area contributed by atoms with Crippen LogP contribution in [0.15, 0.2) is 60.7 Å². The maximum absolute atomic E-state index is 11.8. The van der Waals surface area contributed by atoms with Crippen molar-refractivity contribution in [1.82, 2.24) is 10.2 Å². The van der Waals surface area contributed by atoms with Gasteiger partial charge in [-0.2, -0.15) is 0 Å². The Morgan fingerprint density at radius 1 is 1.07 bits per heavy atom. The molecule has 1 saturated heterocycles. The molecule has 2 N–H and O–H groups in total. The Kier molecular flexibility index (Phi) is 7.55. The van der Waals surface area contributed by atoms with Gasteiger partial charge in [-0.05, 0) is 43.9 Å². The Hall–Kier alpha value is -2.50. The molecule has 154 valence electrons. The SMILES string of the molecule is CC(=O)C(CCC1CNCCCN1C(c1ccccc1)c1ccccc1)C(=O)O. The van der Waals surface area contributed by atoms with Gasteiger partial charge < -0.3 is 10.4 Å². The van der Waals surface area contributed by atoms with Crippen LogP contribution in [-0.4, -0.2) is 47.4 Å². The van der Waals surface area contributed by atoms with Gasteiger partial charge in [-0.1, -0.05) is 60.7 Å². The van der Waals surface area contributed by atoms with Gasteiger partial charge >= 0.3 is 5.97 Å². The summed E-state index contributed by atoms with van der Waals surface area (Å²) in [4.78, 5) is 25.8. The smallest absolute Gasteiger partial charge is 0.314 e. The maximum Gasteiger partial charge on any atom is 0.314 e. The number of ketones is 1. The van der Waals surface area contributed by atoms with Crippen molar-refractivity contribution in [3.05, 3.63) is 71.8 Å². The Morgan fingerprint density at radius 2 is 1.66 bits per heavy atom. The molecular formula is C24H30N2O3. The lowest BCUT2D eigenvalue weighted by atomic mass is 9.92. The van der Waals surface area contributed by atoms with Crippen LogP contribution >= 0.6 is 0 Å². The summed E-state index contributed by atoms with van der Waals surface area (Å²) < 4.78 is 0. The summed E-state index contributed by atoms with van der Waals surface area (Å²) in [5, 5.41) is 12.9. The van der Waals surface area contributed by atoms with E-state index in [1.54, 1.807) is 0 Å². The second-order valence-electron chi connectivity index (χ2n) is 7.75. The third-order valence-electron chi connectivity index (χ3n) is 5.76. The van der Waals surface area contributed by atoms with Gasteiger partial charge in [-0.3, -0.25) is 14.5 Å². The van der Waals surface area contributed by atoms with Crippen LogP contribution in [0.5, 0.6) is 0 Å². The molecule has 3 rings (SSSR count). The van der Waals surface area contributed by atoms with Crippen LogP contribution in [0.1, 0.15) is 43.4 Å². The summed E-state index contributed by atoms with van der Waals surface area (Å²) in [6, 6.07) is 21.2. The van der Waals surface area contributed by atoms with Gasteiger partial charge in [0.05, 0.1) is 6.04 Å². The number of hydrogen-bond donors (Lipinski definition) is 2. The van der Waals surface area contributed by atoms with E-state index in [9.17, 15) is 14.7 Å². The number of aliphatic carboxylic acids is 1. The van der Waals surface area contributed by atoms with Gasteiger partial charge in [0.15, 0.2) is 0 Å². The highest BCUT2D eigenvalue weighted by Gasteiger charge is 2.32. The lowest BCUT2D eigenvalue weighted by Gasteiger charge is -2.38. The minimum absolute atomic E-state index is 0.0999. The Labute approximate surface area is 172 Å². The molecule has 0 bridgehead atoms. The third-order valence-corrected chi connectivity index (χ3v) is 5.76. The molecule has 2 aromatic rings. The van der Waals surface area contributed by atoms with E-state index in [2.05, 4.69) is 58.7 Å². The van der Waals surface area contributed by atoms with E-state index in [0.717, 1.165) is 26.1 Å². The summed E-state index contributed by atoms with van der Waals surface area (Å²) in [5.41, 5.74) is 2.46. The molecule has 1 aliphatic heterocycles. The number of carbonyl (C=O) groups excluding carboxylic acids is 1. The molecule has 29 heavy (non-hydrogen) atoms. The Balaban J connectivity index is 1.90. The summed E-state index contributed by atoms with van der Waals surface area (Å²) in [6.07, 6.45) is 2.06. The Bertz CT molecular complexity index is 741. The van der Waals surface area contributed by atoms with E-state index in [4.69, 9.17) is 0 Å². The molecule has 5 heteroatoms. The van der Waals surface area contributed by atoms with Crippen LogP contribution in [-0.2, 0) is 9.59 Å². The van der Waals surface area contributed by atoms with Crippen molar-refractivity contribution in [1.29, 1.82) is 0 Å². The number of carbonyl (C=O) groups is 2. The zero-order valence-corrected chi connectivity index (χ0v) is 17.0. The molecule has 0 amide bonds. The number of Topliss-reactive ketones (excluding diaryl/α,β-unsaturated/α-hetero) is 1. The molecule has 2 aromatic carbocycles. The monoisotopic (exact) mass is 394 g/mol. The van der Waals surface area contributed by atoms with Crippen LogP contribution in [0, 0.1) is 5.92 Å². The quantitative estimate of drug-likeness (QED) is 0.671. The number of rotatable bonds is 8. The summed E-state index contributed by atoms with van der Waals surface area (Å²) in [7, 11) is 0. The standard InChI is InChI=1S/C24H30N2O3/c1-18(27)22(24(28)29)14-13-21-17-25-15-8-16-26(21)23(19-9-4-2-5-10-19)20-11-6-3-7-12-20/h2-7,9-12,21-23,25H,8,13-17H2,1H3,(H,28,29). The summed E-state index contributed by atoms with van der Waals surface area (Å²) in [5.74, 6) is -2.21. The van der Waals surface area contributed by atoms with Crippen molar-refractivity contribution in [2.45, 2.75) is 38.3 Å². The molecule has 5 nitrogen and oxygen atoms in total. The average molecular weight is 395 g/mol. The molecule has 0 aromatic heterocycles. The van der Waals surface area contributed by atoms with Crippen molar-refractivity contribution >= 4 is 11.8 Å². The van der Waals surface area contributed by atoms with E-state index < -0.39 is 11.9 Å². The first-order valence-corrected chi connectivity index (χ1v) is 10.4. The molecule has 1 aliphatic rings. The van der Waals surface area contributed by atoms with Gasteiger partial charge in [0, 0.05) is 19.1 Å². The molecule has 2 atom stereocenters. The van der Waals surface area contributed by atoms with Crippen molar-refractivity contribution in [2.24, 2.45) is 5.92 Å². The first-order valence-electron chi connectivity index (χ1n) is 10.4. The first-order chi connectivity index (χ1) is 14.1. The molecule has 0 radical (unpaired) electrons. The molecular weight excluding hydrogens is 364 g/mol. The molecule has 0 aliphatic carbocycles. The van der Waals surface area contributed by atoms with E-state index in [1.807, 2.05) is 12.1 Å². The van der Waals surface area contributed by atoms with Crippen LogP contribution in [0.25, 0.3) is 0 Å². The largest absolute Gasteiger partial charge is 0.481 e. The number of hydrogen-bond acceptors (Lipinski definition) is 4. The van der Waals surface area contributed by atoms with Crippen molar-refractivity contribution in [3.63, 3.8) is 0 Å². The predicted octanol–water partition coefficient (Wildman–Crippen LogP) is 3.51. The summed E-state index contributed by atoms with van der Waals surface area (Å²) in [6.45, 7) is 4.03. The van der Waals surface area contributed by atoms with Crippen molar-refractivity contribution in [2.75, 3.05) is 19.6 Å².